The number of aromatic amines is 1. The molecule has 0 atom stereocenters. The van der Waals surface area contributed by atoms with Crippen molar-refractivity contribution in [2.45, 2.75) is 0 Å². The summed E-state index contributed by atoms with van der Waals surface area (Å²) in [4.78, 5) is 15.3. The molecule has 4 rings (SSSR count). The average molecular weight is 398 g/mol. The van der Waals surface area contributed by atoms with E-state index in [2.05, 4.69) is 15.6 Å². The number of anilines is 2. The summed E-state index contributed by atoms with van der Waals surface area (Å²) in [6.07, 6.45) is 0. The number of halogens is 3. The van der Waals surface area contributed by atoms with Gasteiger partial charge in [-0.1, -0.05) is 23.7 Å². The van der Waals surface area contributed by atoms with Crippen molar-refractivity contribution >= 4 is 39.9 Å². The molecule has 0 spiro atoms. The van der Waals surface area contributed by atoms with Crippen molar-refractivity contribution in [1.82, 2.24) is 4.98 Å². The predicted molar refractivity (Wildman–Crippen MR) is 108 cm³/mol. The van der Waals surface area contributed by atoms with Crippen LogP contribution in [0.4, 0.5) is 25.0 Å². The number of H-pyrrole nitrogens is 1. The van der Waals surface area contributed by atoms with E-state index in [1.165, 1.54) is 0 Å². The van der Waals surface area contributed by atoms with Gasteiger partial charge in [-0.05, 0) is 54.1 Å². The lowest BCUT2D eigenvalue weighted by molar-refractivity contribution is 0.262. The van der Waals surface area contributed by atoms with Gasteiger partial charge in [0, 0.05) is 33.4 Å². The van der Waals surface area contributed by atoms with Crippen molar-refractivity contribution in [3.8, 4) is 11.3 Å². The lowest BCUT2D eigenvalue weighted by Gasteiger charge is -2.09. The van der Waals surface area contributed by atoms with Gasteiger partial charge >= 0.3 is 6.03 Å². The molecule has 0 saturated heterocycles. The Kier molecular flexibility index (Phi) is 4.71. The molecule has 7 heteroatoms. The molecular weight excluding hydrogens is 384 g/mol. The first-order valence-electron chi connectivity index (χ1n) is 8.40. The first kappa shape index (κ1) is 18.0. The second kappa shape index (κ2) is 7.32. The van der Waals surface area contributed by atoms with E-state index in [1.54, 1.807) is 12.1 Å². The van der Waals surface area contributed by atoms with Crippen molar-refractivity contribution in [3.63, 3.8) is 0 Å². The largest absolute Gasteiger partial charge is 0.355 e. The number of carbonyl (C=O) groups excluding carboxylic acids is 1. The summed E-state index contributed by atoms with van der Waals surface area (Å²) in [6.45, 7) is 0. The normalized spacial score (nSPS) is 10.8. The van der Waals surface area contributed by atoms with E-state index in [-0.39, 0.29) is 5.69 Å². The molecule has 4 aromatic rings. The van der Waals surface area contributed by atoms with Gasteiger partial charge in [-0.25, -0.2) is 13.6 Å². The molecule has 3 N–H and O–H groups in total. The number of amides is 2. The van der Waals surface area contributed by atoms with E-state index >= 15 is 0 Å². The Morgan fingerprint density at radius 3 is 2.43 bits per heavy atom. The lowest BCUT2D eigenvalue weighted by atomic mass is 10.1. The number of fused-ring (bicyclic) bond motifs is 1. The summed E-state index contributed by atoms with van der Waals surface area (Å²) < 4.78 is 26.5. The minimum atomic E-state index is -0.843. The Hall–Kier alpha value is -3.38. The summed E-state index contributed by atoms with van der Waals surface area (Å²) in [6, 6.07) is 17.1. The Morgan fingerprint density at radius 1 is 0.893 bits per heavy atom. The highest BCUT2D eigenvalue weighted by Gasteiger charge is 2.09. The SMILES string of the molecule is O=C(Nc1ccc(-c2cc3cc(Cl)ccc3[nH]2)cc1)Nc1ccc(F)cc1F. The van der Waals surface area contributed by atoms with E-state index in [4.69, 9.17) is 11.6 Å². The fraction of sp³-hybridized carbons (Fsp3) is 0. The zero-order valence-electron chi connectivity index (χ0n) is 14.4. The van der Waals surface area contributed by atoms with Crippen LogP contribution in [0.3, 0.4) is 0 Å². The molecule has 28 heavy (non-hydrogen) atoms. The zero-order chi connectivity index (χ0) is 19.7. The maximum absolute atomic E-state index is 13.6. The molecule has 0 radical (unpaired) electrons. The molecule has 0 aliphatic carbocycles. The van der Waals surface area contributed by atoms with Crippen LogP contribution in [0.2, 0.25) is 5.02 Å². The van der Waals surface area contributed by atoms with Crippen LogP contribution in [0, 0.1) is 11.6 Å². The Balaban J connectivity index is 1.47. The molecule has 2 amide bonds. The standard InChI is InChI=1S/C21H14ClF2N3O/c22-14-3-7-18-13(9-14)10-20(26-18)12-1-5-16(6-2-12)25-21(28)27-19-8-4-15(23)11-17(19)24/h1-11,26H,(H2,25,27,28). The van der Waals surface area contributed by atoms with E-state index in [1.807, 2.05) is 36.4 Å². The van der Waals surface area contributed by atoms with Gasteiger partial charge in [0.05, 0.1) is 5.69 Å². The van der Waals surface area contributed by atoms with Gasteiger partial charge in [0.15, 0.2) is 0 Å². The van der Waals surface area contributed by atoms with Crippen molar-refractivity contribution in [3.05, 3.63) is 83.4 Å². The number of hydrogen-bond acceptors (Lipinski definition) is 1. The molecule has 140 valence electrons. The average Bonchev–Trinajstić information content (AvgIpc) is 3.08. The van der Waals surface area contributed by atoms with Crippen molar-refractivity contribution in [1.29, 1.82) is 0 Å². The van der Waals surface area contributed by atoms with Gasteiger partial charge in [-0.3, -0.25) is 0 Å². The van der Waals surface area contributed by atoms with Crippen LogP contribution in [0.25, 0.3) is 22.2 Å². The van der Waals surface area contributed by atoms with Crippen molar-refractivity contribution in [2.24, 2.45) is 0 Å². The number of benzene rings is 3. The third-order valence-corrected chi connectivity index (χ3v) is 4.45. The molecule has 0 saturated carbocycles. The summed E-state index contributed by atoms with van der Waals surface area (Å²) >= 11 is 6.02. The molecule has 1 heterocycles. The summed E-state index contributed by atoms with van der Waals surface area (Å²) in [5.41, 5.74) is 3.25. The number of urea groups is 1. The Morgan fingerprint density at radius 2 is 1.68 bits per heavy atom. The lowest BCUT2D eigenvalue weighted by Crippen LogP contribution is -2.20. The molecule has 0 fully saturated rings. The maximum atomic E-state index is 13.6. The molecule has 0 bridgehead atoms. The fourth-order valence-corrected chi connectivity index (χ4v) is 3.05. The van der Waals surface area contributed by atoms with Crippen molar-refractivity contribution < 1.29 is 13.6 Å². The van der Waals surface area contributed by atoms with Gasteiger partial charge in [-0.15, -0.1) is 0 Å². The van der Waals surface area contributed by atoms with Crippen LogP contribution in [0.15, 0.2) is 66.7 Å². The Bertz CT molecular complexity index is 1170. The third kappa shape index (κ3) is 3.82. The zero-order valence-corrected chi connectivity index (χ0v) is 15.1. The fourth-order valence-electron chi connectivity index (χ4n) is 2.87. The molecule has 0 unspecified atom stereocenters. The summed E-state index contributed by atoms with van der Waals surface area (Å²) in [5, 5.41) is 6.62. The monoisotopic (exact) mass is 397 g/mol. The van der Waals surface area contributed by atoms with E-state index in [9.17, 15) is 13.6 Å². The third-order valence-electron chi connectivity index (χ3n) is 4.22. The first-order chi connectivity index (χ1) is 13.5. The second-order valence-electron chi connectivity index (χ2n) is 6.20. The van der Waals surface area contributed by atoms with Crippen LogP contribution in [-0.4, -0.2) is 11.0 Å². The van der Waals surface area contributed by atoms with Gasteiger partial charge in [0.25, 0.3) is 0 Å². The van der Waals surface area contributed by atoms with Gasteiger partial charge in [0.2, 0.25) is 0 Å². The number of carbonyl (C=O) groups is 1. The van der Waals surface area contributed by atoms with E-state index in [0.29, 0.717) is 16.8 Å². The molecular formula is C21H14ClF2N3O. The summed E-state index contributed by atoms with van der Waals surface area (Å²) in [7, 11) is 0. The molecule has 0 aliphatic heterocycles. The van der Waals surface area contributed by atoms with Crippen LogP contribution >= 0.6 is 11.6 Å². The number of aromatic nitrogens is 1. The van der Waals surface area contributed by atoms with Gasteiger partial charge < -0.3 is 15.6 Å². The van der Waals surface area contributed by atoms with Crippen molar-refractivity contribution in [2.75, 3.05) is 10.6 Å². The summed E-state index contributed by atoms with van der Waals surface area (Å²) in [5.74, 6) is -1.55. The molecule has 3 aromatic carbocycles. The van der Waals surface area contributed by atoms with E-state index in [0.717, 1.165) is 34.3 Å². The molecule has 1 aromatic heterocycles. The number of hydrogen-bond donors (Lipinski definition) is 3. The smallest absolute Gasteiger partial charge is 0.323 e. The van der Waals surface area contributed by atoms with Crippen LogP contribution < -0.4 is 10.6 Å². The highest BCUT2D eigenvalue weighted by atomic mass is 35.5. The van der Waals surface area contributed by atoms with E-state index < -0.39 is 17.7 Å². The second-order valence-corrected chi connectivity index (χ2v) is 6.63. The van der Waals surface area contributed by atoms with Gasteiger partial charge in [-0.2, -0.15) is 0 Å². The number of nitrogens with one attached hydrogen (secondary N) is 3. The minimum absolute atomic E-state index is 0.104. The van der Waals surface area contributed by atoms with Crippen LogP contribution in [-0.2, 0) is 0 Å². The highest BCUT2D eigenvalue weighted by Crippen LogP contribution is 2.27. The molecule has 4 nitrogen and oxygen atoms in total. The molecule has 0 aliphatic rings. The topological polar surface area (TPSA) is 56.9 Å². The van der Waals surface area contributed by atoms with Crippen LogP contribution in [0.5, 0.6) is 0 Å². The predicted octanol–water partition coefficient (Wildman–Crippen LogP) is 6.41. The minimum Gasteiger partial charge on any atom is -0.355 e. The maximum Gasteiger partial charge on any atom is 0.323 e. The number of rotatable bonds is 3. The quantitative estimate of drug-likeness (QED) is 0.367. The Labute approximate surface area is 164 Å². The van der Waals surface area contributed by atoms with Gasteiger partial charge in [0.1, 0.15) is 11.6 Å². The van der Waals surface area contributed by atoms with Crippen LogP contribution in [0.1, 0.15) is 0 Å². The highest BCUT2D eigenvalue weighted by molar-refractivity contribution is 6.31. The first-order valence-corrected chi connectivity index (χ1v) is 8.77.